The Balaban J connectivity index is 1.60. The second-order valence-corrected chi connectivity index (χ2v) is 7.58. The summed E-state index contributed by atoms with van der Waals surface area (Å²) < 4.78 is 8.25. The van der Waals surface area contributed by atoms with Crippen molar-refractivity contribution in [1.29, 1.82) is 0 Å². The normalized spacial score (nSPS) is 16.7. The number of para-hydroxylation sites is 2. The van der Waals surface area contributed by atoms with Crippen molar-refractivity contribution in [2.45, 2.75) is 46.2 Å². The maximum absolute atomic E-state index is 12.1. The molecule has 146 valence electrons. The Hall–Kier alpha value is -2.82. The molecule has 28 heavy (non-hydrogen) atoms. The van der Waals surface area contributed by atoms with Gasteiger partial charge in [0.15, 0.2) is 0 Å². The first-order valence-corrected chi connectivity index (χ1v) is 9.97. The van der Waals surface area contributed by atoms with Gasteiger partial charge in [-0.05, 0) is 62.1 Å². The summed E-state index contributed by atoms with van der Waals surface area (Å²) >= 11 is 0. The van der Waals surface area contributed by atoms with Crippen molar-refractivity contribution < 1.29 is 9.53 Å². The van der Waals surface area contributed by atoms with E-state index in [-0.39, 0.29) is 11.9 Å². The zero-order valence-electron chi connectivity index (χ0n) is 16.8. The van der Waals surface area contributed by atoms with E-state index in [1.165, 1.54) is 11.1 Å². The molecule has 4 rings (SSSR count). The van der Waals surface area contributed by atoms with Crippen LogP contribution < -0.4 is 4.74 Å². The van der Waals surface area contributed by atoms with Crippen LogP contribution in [0.3, 0.4) is 0 Å². The van der Waals surface area contributed by atoms with Gasteiger partial charge in [-0.15, -0.1) is 0 Å². The molecule has 0 bridgehead atoms. The highest BCUT2D eigenvalue weighted by Gasteiger charge is 2.32. The second-order valence-electron chi connectivity index (χ2n) is 7.58. The molecular formula is C23H27N3O2. The van der Waals surface area contributed by atoms with Crippen LogP contribution in [0.1, 0.15) is 42.8 Å². The predicted molar refractivity (Wildman–Crippen MR) is 111 cm³/mol. The average Bonchev–Trinajstić information content (AvgIpc) is 3.29. The fraction of sp³-hybridized carbons (Fsp3) is 0.391. The molecule has 1 saturated heterocycles. The van der Waals surface area contributed by atoms with Crippen LogP contribution in [-0.4, -0.2) is 33.5 Å². The zero-order valence-corrected chi connectivity index (χ0v) is 16.8. The summed E-state index contributed by atoms with van der Waals surface area (Å²) in [6.45, 7) is 7.91. The first kappa shape index (κ1) is 18.5. The van der Waals surface area contributed by atoms with Crippen LogP contribution in [0.5, 0.6) is 5.75 Å². The van der Waals surface area contributed by atoms with Crippen molar-refractivity contribution in [2.75, 3.05) is 13.2 Å². The number of fused-ring (bicyclic) bond motifs is 1. The van der Waals surface area contributed by atoms with Crippen LogP contribution in [0.4, 0.5) is 0 Å². The van der Waals surface area contributed by atoms with Gasteiger partial charge in [0, 0.05) is 13.5 Å². The molecule has 0 unspecified atom stereocenters. The Morgan fingerprint density at radius 1 is 1.18 bits per heavy atom. The highest BCUT2D eigenvalue weighted by molar-refractivity contribution is 5.77. The molecule has 2 heterocycles. The van der Waals surface area contributed by atoms with Gasteiger partial charge in [-0.25, -0.2) is 4.98 Å². The van der Waals surface area contributed by atoms with E-state index in [1.54, 1.807) is 6.92 Å². The second kappa shape index (κ2) is 7.66. The van der Waals surface area contributed by atoms with E-state index in [2.05, 4.69) is 36.6 Å². The fourth-order valence-electron chi connectivity index (χ4n) is 4.05. The molecule has 1 fully saturated rings. The summed E-state index contributed by atoms with van der Waals surface area (Å²) in [6.07, 6.45) is 1.98. The molecule has 3 aromatic rings. The van der Waals surface area contributed by atoms with Crippen molar-refractivity contribution >= 4 is 16.9 Å². The molecule has 1 aliphatic heterocycles. The van der Waals surface area contributed by atoms with Crippen LogP contribution in [0.25, 0.3) is 11.0 Å². The fourth-order valence-corrected chi connectivity index (χ4v) is 4.05. The van der Waals surface area contributed by atoms with Crippen molar-refractivity contribution in [3.63, 3.8) is 0 Å². The smallest absolute Gasteiger partial charge is 0.220 e. The number of aromatic nitrogens is 2. The third kappa shape index (κ3) is 3.49. The first-order chi connectivity index (χ1) is 13.5. The number of hydrogen-bond acceptors (Lipinski definition) is 3. The van der Waals surface area contributed by atoms with Crippen molar-refractivity contribution in [1.82, 2.24) is 14.5 Å². The standard InChI is InChI=1S/C23H27N3O2/c1-16-10-11-19(15-17(16)2)28-14-13-26-21-8-5-4-7-20(21)24-23(26)22-9-6-12-25(22)18(3)27/h4-5,7-8,10-11,15,22H,6,9,12-14H2,1-3H3/t22-/m1/s1. The summed E-state index contributed by atoms with van der Waals surface area (Å²) in [4.78, 5) is 18.9. The Bertz CT molecular complexity index is 1010. The highest BCUT2D eigenvalue weighted by Crippen LogP contribution is 2.33. The minimum atomic E-state index is 0.0477. The molecule has 5 heteroatoms. The summed E-state index contributed by atoms with van der Waals surface area (Å²) in [5.74, 6) is 1.98. The van der Waals surface area contributed by atoms with Gasteiger partial charge in [0.1, 0.15) is 18.2 Å². The molecule has 0 aliphatic carbocycles. The summed E-state index contributed by atoms with van der Waals surface area (Å²) in [6, 6.07) is 14.4. The highest BCUT2D eigenvalue weighted by atomic mass is 16.5. The van der Waals surface area contributed by atoms with E-state index < -0.39 is 0 Å². The molecule has 0 N–H and O–H groups in total. The molecular weight excluding hydrogens is 350 g/mol. The Morgan fingerprint density at radius 3 is 2.79 bits per heavy atom. The SMILES string of the molecule is CC(=O)N1CCC[C@@H]1c1nc2ccccc2n1CCOc1ccc(C)c(C)c1. The maximum atomic E-state index is 12.1. The van der Waals surface area contributed by atoms with Crippen LogP contribution in [0, 0.1) is 13.8 Å². The van der Waals surface area contributed by atoms with Gasteiger partial charge in [0.05, 0.1) is 23.6 Å². The molecule has 5 nitrogen and oxygen atoms in total. The summed E-state index contributed by atoms with van der Waals surface area (Å²) in [5.41, 5.74) is 4.56. The lowest BCUT2D eigenvalue weighted by atomic mass is 10.1. The third-order valence-corrected chi connectivity index (χ3v) is 5.70. The minimum Gasteiger partial charge on any atom is -0.492 e. The third-order valence-electron chi connectivity index (χ3n) is 5.70. The maximum Gasteiger partial charge on any atom is 0.220 e. The van der Waals surface area contributed by atoms with Gasteiger partial charge in [0.2, 0.25) is 5.91 Å². The van der Waals surface area contributed by atoms with Crippen LogP contribution in [-0.2, 0) is 11.3 Å². The lowest BCUT2D eigenvalue weighted by Gasteiger charge is -2.24. The lowest BCUT2D eigenvalue weighted by Crippen LogP contribution is -2.30. The number of carbonyl (C=O) groups is 1. The number of rotatable bonds is 5. The molecule has 1 amide bonds. The molecule has 0 radical (unpaired) electrons. The number of aryl methyl sites for hydroxylation is 2. The Labute approximate surface area is 165 Å². The van der Waals surface area contributed by atoms with Gasteiger partial charge in [0.25, 0.3) is 0 Å². The largest absolute Gasteiger partial charge is 0.492 e. The number of carbonyl (C=O) groups excluding carboxylic acids is 1. The van der Waals surface area contributed by atoms with E-state index in [9.17, 15) is 4.79 Å². The average molecular weight is 377 g/mol. The predicted octanol–water partition coefficient (Wildman–Crippen LogP) is 4.42. The summed E-state index contributed by atoms with van der Waals surface area (Å²) in [5, 5.41) is 0. The topological polar surface area (TPSA) is 47.4 Å². The molecule has 0 spiro atoms. The van der Waals surface area contributed by atoms with Crippen molar-refractivity contribution in [2.24, 2.45) is 0 Å². The molecule has 2 aromatic carbocycles. The first-order valence-electron chi connectivity index (χ1n) is 9.97. The number of nitrogens with zero attached hydrogens (tertiary/aromatic N) is 3. The van der Waals surface area contributed by atoms with Crippen molar-refractivity contribution in [3.8, 4) is 5.75 Å². The van der Waals surface area contributed by atoms with Gasteiger partial charge in [-0.2, -0.15) is 0 Å². The lowest BCUT2D eigenvalue weighted by molar-refractivity contribution is -0.129. The van der Waals surface area contributed by atoms with Gasteiger partial charge >= 0.3 is 0 Å². The number of benzene rings is 2. The number of likely N-dealkylation sites (tertiary alicyclic amines) is 1. The van der Waals surface area contributed by atoms with Crippen LogP contribution in [0.15, 0.2) is 42.5 Å². The minimum absolute atomic E-state index is 0.0477. The zero-order chi connectivity index (χ0) is 19.7. The Morgan fingerprint density at radius 2 is 2.00 bits per heavy atom. The molecule has 0 saturated carbocycles. The summed E-state index contributed by atoms with van der Waals surface area (Å²) in [7, 11) is 0. The van der Waals surface area contributed by atoms with E-state index >= 15 is 0 Å². The Kier molecular flexibility index (Phi) is 5.07. The molecule has 1 aromatic heterocycles. The number of amides is 1. The van der Waals surface area contributed by atoms with Gasteiger partial charge in [-0.3, -0.25) is 4.79 Å². The van der Waals surface area contributed by atoms with E-state index in [1.807, 2.05) is 29.2 Å². The van der Waals surface area contributed by atoms with Gasteiger partial charge < -0.3 is 14.2 Å². The number of imidazole rings is 1. The van der Waals surface area contributed by atoms with Crippen molar-refractivity contribution in [3.05, 3.63) is 59.4 Å². The monoisotopic (exact) mass is 377 g/mol. The number of hydrogen-bond donors (Lipinski definition) is 0. The molecule has 1 aliphatic rings. The van der Waals surface area contributed by atoms with E-state index in [0.29, 0.717) is 13.2 Å². The number of ether oxygens (including phenoxy) is 1. The quantitative estimate of drug-likeness (QED) is 0.661. The van der Waals surface area contributed by atoms with Crippen LogP contribution in [0.2, 0.25) is 0 Å². The van der Waals surface area contributed by atoms with E-state index in [4.69, 9.17) is 9.72 Å². The van der Waals surface area contributed by atoms with Crippen LogP contribution >= 0.6 is 0 Å². The molecule has 1 atom stereocenters. The van der Waals surface area contributed by atoms with Gasteiger partial charge in [-0.1, -0.05) is 18.2 Å². The van der Waals surface area contributed by atoms with E-state index in [0.717, 1.165) is 42.0 Å².